The summed E-state index contributed by atoms with van der Waals surface area (Å²) in [5.41, 5.74) is 8.28. The van der Waals surface area contributed by atoms with Crippen LogP contribution in [0.25, 0.3) is 10.9 Å². The van der Waals surface area contributed by atoms with Gasteiger partial charge in [-0.15, -0.1) is 0 Å². The average molecular weight is 334 g/mol. The quantitative estimate of drug-likeness (QED) is 0.661. The van der Waals surface area contributed by atoms with Crippen molar-refractivity contribution in [2.45, 2.75) is 39.8 Å². The molecule has 4 rings (SSSR count). The number of benzene rings is 1. The van der Waals surface area contributed by atoms with Crippen molar-refractivity contribution in [3.05, 3.63) is 64.6 Å². The van der Waals surface area contributed by atoms with Crippen molar-refractivity contribution in [2.75, 3.05) is 20.6 Å². The van der Waals surface area contributed by atoms with Crippen LogP contribution in [0.1, 0.15) is 28.1 Å². The van der Waals surface area contributed by atoms with Gasteiger partial charge in [0, 0.05) is 47.0 Å². The molecule has 3 heterocycles. The number of aromatic nitrogens is 2. The Bertz CT molecular complexity index is 917. The zero-order valence-electron chi connectivity index (χ0n) is 15.8. The first kappa shape index (κ1) is 16.3. The van der Waals surface area contributed by atoms with E-state index in [9.17, 15) is 0 Å². The second-order valence-electron chi connectivity index (χ2n) is 8.22. The van der Waals surface area contributed by atoms with Gasteiger partial charge in [-0.3, -0.25) is 4.98 Å². The van der Waals surface area contributed by atoms with Crippen LogP contribution in [-0.2, 0) is 25.9 Å². The van der Waals surface area contributed by atoms with Gasteiger partial charge in [-0.1, -0.05) is 17.7 Å². The van der Waals surface area contributed by atoms with Crippen LogP contribution in [0, 0.1) is 13.8 Å². The lowest BCUT2D eigenvalue weighted by atomic mass is 10.0. The lowest BCUT2D eigenvalue weighted by molar-refractivity contribution is -0.905. The number of rotatable bonds is 3. The summed E-state index contributed by atoms with van der Waals surface area (Å²) in [4.78, 5) is 4.45. The molecule has 3 heteroatoms. The highest BCUT2D eigenvalue weighted by atomic mass is 15.3. The van der Waals surface area contributed by atoms with Gasteiger partial charge >= 0.3 is 0 Å². The van der Waals surface area contributed by atoms with Gasteiger partial charge in [0.05, 0.1) is 20.6 Å². The molecular weight excluding hydrogens is 306 g/mol. The zero-order chi connectivity index (χ0) is 17.6. The number of likely N-dealkylation sites (N-methyl/N-ethyl adjacent to an activating group) is 1. The molecule has 1 aromatic carbocycles. The third-order valence-corrected chi connectivity index (χ3v) is 5.58. The van der Waals surface area contributed by atoms with Crippen molar-refractivity contribution < 1.29 is 4.48 Å². The maximum Gasteiger partial charge on any atom is 0.106 e. The second kappa shape index (κ2) is 5.99. The second-order valence-corrected chi connectivity index (χ2v) is 8.22. The zero-order valence-corrected chi connectivity index (χ0v) is 15.8. The monoisotopic (exact) mass is 334 g/mol. The molecule has 0 radical (unpaired) electrons. The van der Waals surface area contributed by atoms with Gasteiger partial charge in [0.15, 0.2) is 0 Å². The fourth-order valence-electron chi connectivity index (χ4n) is 4.11. The first-order valence-corrected chi connectivity index (χ1v) is 9.27. The Morgan fingerprint density at radius 3 is 2.72 bits per heavy atom. The highest BCUT2D eigenvalue weighted by Crippen LogP contribution is 2.33. The lowest BCUT2D eigenvalue weighted by Crippen LogP contribution is -2.43. The van der Waals surface area contributed by atoms with Crippen LogP contribution in [0.15, 0.2) is 36.5 Å². The van der Waals surface area contributed by atoms with Gasteiger partial charge < -0.3 is 9.05 Å². The van der Waals surface area contributed by atoms with E-state index in [2.05, 4.69) is 60.9 Å². The topological polar surface area (TPSA) is 17.8 Å². The molecule has 25 heavy (non-hydrogen) atoms. The number of hydrogen-bond acceptors (Lipinski definition) is 1. The number of quaternary nitrogens is 1. The molecule has 0 saturated heterocycles. The lowest BCUT2D eigenvalue weighted by Gasteiger charge is -2.34. The molecule has 0 saturated carbocycles. The fourth-order valence-corrected chi connectivity index (χ4v) is 4.11. The molecule has 3 aromatic rings. The minimum Gasteiger partial charge on any atom is -0.344 e. The SMILES string of the molecule is Cc1ccc2c(c1)c1c(n2CCc2ccc(C)nc2)CC[N+](C)(C)C1. The number of fused-ring (bicyclic) bond motifs is 3. The molecular formula is C22H28N3+. The maximum atomic E-state index is 4.45. The Hall–Kier alpha value is -2.13. The third-order valence-electron chi connectivity index (χ3n) is 5.58. The van der Waals surface area contributed by atoms with Crippen molar-refractivity contribution in [3.8, 4) is 0 Å². The summed E-state index contributed by atoms with van der Waals surface area (Å²) in [6.07, 6.45) is 4.23. The normalized spacial score (nSPS) is 16.2. The molecule has 1 aliphatic rings. The molecule has 0 N–H and O–H groups in total. The number of nitrogens with zero attached hydrogens (tertiary/aromatic N) is 3. The summed E-state index contributed by atoms with van der Waals surface area (Å²) in [5, 5.41) is 1.46. The summed E-state index contributed by atoms with van der Waals surface area (Å²) in [6.45, 7) is 7.63. The number of hydrogen-bond donors (Lipinski definition) is 0. The van der Waals surface area contributed by atoms with E-state index in [1.807, 2.05) is 13.1 Å². The summed E-state index contributed by atoms with van der Waals surface area (Å²) in [5.74, 6) is 0. The predicted molar refractivity (Wildman–Crippen MR) is 104 cm³/mol. The van der Waals surface area contributed by atoms with Crippen LogP contribution >= 0.6 is 0 Å². The van der Waals surface area contributed by atoms with Gasteiger partial charge in [-0.2, -0.15) is 0 Å². The summed E-state index contributed by atoms with van der Waals surface area (Å²) in [6, 6.07) is 11.3. The predicted octanol–water partition coefficient (Wildman–Crippen LogP) is 4.03. The van der Waals surface area contributed by atoms with Crippen molar-refractivity contribution in [1.82, 2.24) is 9.55 Å². The van der Waals surface area contributed by atoms with Crippen LogP contribution in [0.3, 0.4) is 0 Å². The molecule has 0 fully saturated rings. The maximum absolute atomic E-state index is 4.45. The molecule has 1 aliphatic heterocycles. The van der Waals surface area contributed by atoms with Gasteiger partial charge in [0.25, 0.3) is 0 Å². The minimum atomic E-state index is 1.03. The van der Waals surface area contributed by atoms with Gasteiger partial charge in [-0.25, -0.2) is 0 Å². The van der Waals surface area contributed by atoms with Crippen molar-refractivity contribution in [1.29, 1.82) is 0 Å². The number of aryl methyl sites for hydroxylation is 4. The van der Waals surface area contributed by atoms with Crippen molar-refractivity contribution in [2.24, 2.45) is 0 Å². The first-order chi connectivity index (χ1) is 11.9. The van der Waals surface area contributed by atoms with E-state index in [1.54, 1.807) is 11.3 Å². The van der Waals surface area contributed by atoms with E-state index in [0.717, 1.165) is 29.7 Å². The molecule has 3 nitrogen and oxygen atoms in total. The Morgan fingerprint density at radius 2 is 1.96 bits per heavy atom. The van der Waals surface area contributed by atoms with E-state index >= 15 is 0 Å². The molecule has 0 spiro atoms. The Labute approximate surface area is 150 Å². The van der Waals surface area contributed by atoms with Crippen LogP contribution in [0.4, 0.5) is 0 Å². The molecule has 130 valence electrons. The van der Waals surface area contributed by atoms with E-state index < -0.39 is 0 Å². The van der Waals surface area contributed by atoms with E-state index in [0.29, 0.717) is 0 Å². The highest BCUT2D eigenvalue weighted by Gasteiger charge is 2.29. The Balaban J connectivity index is 1.74. The standard InChI is InChI=1S/C22H28N3/c1-16-5-8-21-19(13-16)20-15-25(3,4)12-10-22(20)24(21)11-9-18-7-6-17(2)23-14-18/h5-8,13-14H,9-12,15H2,1-4H3/q+1. The molecule has 0 unspecified atom stereocenters. The van der Waals surface area contributed by atoms with Crippen LogP contribution in [-0.4, -0.2) is 34.7 Å². The molecule has 0 bridgehead atoms. The van der Waals surface area contributed by atoms with Gasteiger partial charge in [0.2, 0.25) is 0 Å². The Kier molecular flexibility index (Phi) is 3.92. The fraction of sp³-hybridized carbons (Fsp3) is 0.409. The molecule has 0 atom stereocenters. The smallest absolute Gasteiger partial charge is 0.106 e. The molecule has 2 aromatic heterocycles. The average Bonchev–Trinajstić information content (AvgIpc) is 2.86. The molecule has 0 aliphatic carbocycles. The molecule has 0 amide bonds. The summed E-state index contributed by atoms with van der Waals surface area (Å²) < 4.78 is 3.66. The van der Waals surface area contributed by atoms with Gasteiger partial charge in [0.1, 0.15) is 6.54 Å². The largest absolute Gasteiger partial charge is 0.344 e. The van der Waals surface area contributed by atoms with Crippen molar-refractivity contribution >= 4 is 10.9 Å². The van der Waals surface area contributed by atoms with Crippen LogP contribution < -0.4 is 0 Å². The van der Waals surface area contributed by atoms with Crippen molar-refractivity contribution in [3.63, 3.8) is 0 Å². The van der Waals surface area contributed by atoms with Gasteiger partial charge in [-0.05, 0) is 44.0 Å². The van der Waals surface area contributed by atoms with E-state index in [1.165, 1.54) is 35.0 Å². The highest BCUT2D eigenvalue weighted by molar-refractivity contribution is 5.86. The summed E-state index contributed by atoms with van der Waals surface area (Å²) in [7, 11) is 4.69. The first-order valence-electron chi connectivity index (χ1n) is 9.27. The number of pyridine rings is 1. The summed E-state index contributed by atoms with van der Waals surface area (Å²) >= 11 is 0. The van der Waals surface area contributed by atoms with Crippen LogP contribution in [0.5, 0.6) is 0 Å². The van der Waals surface area contributed by atoms with E-state index in [-0.39, 0.29) is 0 Å². The van der Waals surface area contributed by atoms with Crippen LogP contribution in [0.2, 0.25) is 0 Å². The Morgan fingerprint density at radius 1 is 1.12 bits per heavy atom. The van der Waals surface area contributed by atoms with E-state index in [4.69, 9.17) is 0 Å². The minimum absolute atomic E-state index is 1.03. The third kappa shape index (κ3) is 3.09.